The molecule has 19 heavy (non-hydrogen) atoms. The zero-order chi connectivity index (χ0) is 13.8. The first-order valence-electron chi connectivity index (χ1n) is 5.39. The third-order valence-electron chi connectivity index (χ3n) is 2.47. The molecule has 2 aromatic heterocycles. The lowest BCUT2D eigenvalue weighted by Crippen LogP contribution is -2.27. The van der Waals surface area contributed by atoms with Crippen molar-refractivity contribution in [1.82, 2.24) is 25.1 Å². The van der Waals surface area contributed by atoms with E-state index in [2.05, 4.69) is 20.5 Å². The first kappa shape index (κ1) is 12.7. The van der Waals surface area contributed by atoms with E-state index in [0.29, 0.717) is 5.82 Å². The van der Waals surface area contributed by atoms with E-state index in [1.807, 2.05) is 0 Å². The third-order valence-corrected chi connectivity index (χ3v) is 2.47. The summed E-state index contributed by atoms with van der Waals surface area (Å²) in [5.41, 5.74) is -0.268. The zero-order valence-electron chi connectivity index (χ0n) is 10.1. The second kappa shape index (κ2) is 5.25. The molecule has 0 radical (unpaired) electrons. The number of aromatic nitrogens is 4. The molecule has 98 valence electrons. The van der Waals surface area contributed by atoms with Gasteiger partial charge in [0.25, 0.3) is 5.91 Å². The number of aryl methyl sites for hydroxylation is 1. The quantitative estimate of drug-likeness (QED) is 0.791. The van der Waals surface area contributed by atoms with Gasteiger partial charge in [0.15, 0.2) is 5.82 Å². The van der Waals surface area contributed by atoms with Gasteiger partial charge in [-0.3, -0.25) is 9.78 Å². The van der Waals surface area contributed by atoms with Gasteiger partial charge in [-0.15, -0.1) is 10.2 Å². The van der Waals surface area contributed by atoms with Crippen LogP contribution < -0.4 is 5.32 Å². The topological polar surface area (TPSA) is 110 Å². The van der Waals surface area contributed by atoms with Crippen molar-refractivity contribution < 1.29 is 14.7 Å². The number of pyridine rings is 1. The summed E-state index contributed by atoms with van der Waals surface area (Å²) in [6.07, 6.45) is 2.87. The monoisotopic (exact) mass is 261 g/mol. The van der Waals surface area contributed by atoms with Gasteiger partial charge in [-0.1, -0.05) is 0 Å². The summed E-state index contributed by atoms with van der Waals surface area (Å²) in [5, 5.41) is 19.0. The lowest BCUT2D eigenvalue weighted by atomic mass is 10.2. The first-order chi connectivity index (χ1) is 9.09. The molecule has 2 N–H and O–H groups in total. The summed E-state index contributed by atoms with van der Waals surface area (Å²) in [6.45, 7) is 0.144. The molecule has 0 saturated carbocycles. The number of nitrogens with zero attached hydrogens (tertiary/aromatic N) is 4. The number of carbonyl (C=O) groups excluding carboxylic acids is 1. The van der Waals surface area contributed by atoms with Gasteiger partial charge in [0, 0.05) is 13.2 Å². The van der Waals surface area contributed by atoms with E-state index < -0.39 is 11.9 Å². The SMILES string of the molecule is Cn1cnnc1CNC(=O)c1ncccc1C(=O)O. The van der Waals surface area contributed by atoms with E-state index in [1.165, 1.54) is 24.7 Å². The van der Waals surface area contributed by atoms with Gasteiger partial charge in [0.05, 0.1) is 12.1 Å². The number of carboxylic acid groups (broad SMARTS) is 1. The van der Waals surface area contributed by atoms with Gasteiger partial charge in [0.1, 0.15) is 12.0 Å². The second-order valence-corrected chi connectivity index (χ2v) is 3.75. The molecule has 0 aromatic carbocycles. The molecule has 0 saturated heterocycles. The molecule has 0 atom stereocenters. The Hall–Kier alpha value is -2.77. The van der Waals surface area contributed by atoms with E-state index in [9.17, 15) is 9.59 Å². The summed E-state index contributed by atoms with van der Waals surface area (Å²) < 4.78 is 1.65. The molecule has 2 heterocycles. The Morgan fingerprint density at radius 1 is 1.47 bits per heavy atom. The Morgan fingerprint density at radius 3 is 2.89 bits per heavy atom. The fourth-order valence-electron chi connectivity index (χ4n) is 1.47. The van der Waals surface area contributed by atoms with Crippen LogP contribution in [0.3, 0.4) is 0 Å². The Kier molecular flexibility index (Phi) is 3.51. The molecule has 0 aliphatic heterocycles. The molecule has 0 fully saturated rings. The number of amides is 1. The molecule has 2 aromatic rings. The molecular weight excluding hydrogens is 250 g/mol. The molecule has 0 unspecified atom stereocenters. The number of aromatic carboxylic acids is 1. The van der Waals surface area contributed by atoms with Gasteiger partial charge < -0.3 is 15.0 Å². The van der Waals surface area contributed by atoms with Crippen LogP contribution in [0.25, 0.3) is 0 Å². The standard InChI is InChI=1S/C11H11N5O3/c1-16-6-14-15-8(16)5-13-10(17)9-7(11(18)19)3-2-4-12-9/h2-4,6H,5H2,1H3,(H,13,17)(H,18,19). The molecule has 0 aliphatic rings. The minimum atomic E-state index is -1.20. The highest BCUT2D eigenvalue weighted by atomic mass is 16.4. The molecule has 2 rings (SSSR count). The number of hydrogen-bond donors (Lipinski definition) is 2. The van der Waals surface area contributed by atoms with E-state index >= 15 is 0 Å². The van der Waals surface area contributed by atoms with Crippen LogP contribution in [-0.2, 0) is 13.6 Å². The highest BCUT2D eigenvalue weighted by Crippen LogP contribution is 2.05. The van der Waals surface area contributed by atoms with E-state index in [0.717, 1.165) is 0 Å². The van der Waals surface area contributed by atoms with Gasteiger partial charge in [-0.05, 0) is 12.1 Å². The largest absolute Gasteiger partial charge is 0.478 e. The lowest BCUT2D eigenvalue weighted by Gasteiger charge is -2.06. The van der Waals surface area contributed by atoms with Crippen LogP contribution in [0.1, 0.15) is 26.7 Å². The molecule has 8 heteroatoms. The van der Waals surface area contributed by atoms with Crippen LogP contribution in [0.15, 0.2) is 24.7 Å². The fourth-order valence-corrected chi connectivity index (χ4v) is 1.47. The number of carbonyl (C=O) groups is 2. The predicted octanol–water partition coefficient (Wildman–Crippen LogP) is -0.162. The number of hydrogen-bond acceptors (Lipinski definition) is 5. The average molecular weight is 261 g/mol. The molecule has 8 nitrogen and oxygen atoms in total. The van der Waals surface area contributed by atoms with E-state index in [4.69, 9.17) is 5.11 Å². The maximum absolute atomic E-state index is 11.9. The van der Waals surface area contributed by atoms with Crippen molar-refractivity contribution >= 4 is 11.9 Å². The maximum Gasteiger partial charge on any atom is 0.338 e. The molecule has 0 bridgehead atoms. The maximum atomic E-state index is 11.9. The average Bonchev–Trinajstić information content (AvgIpc) is 2.81. The summed E-state index contributed by atoms with van der Waals surface area (Å²) in [6, 6.07) is 2.79. The molecule has 1 amide bonds. The van der Waals surface area contributed by atoms with E-state index in [-0.39, 0.29) is 17.8 Å². The lowest BCUT2D eigenvalue weighted by molar-refractivity contribution is 0.0690. The van der Waals surface area contributed by atoms with Crippen LogP contribution in [0.4, 0.5) is 0 Å². The predicted molar refractivity (Wildman–Crippen MR) is 63.4 cm³/mol. The second-order valence-electron chi connectivity index (χ2n) is 3.75. The minimum Gasteiger partial charge on any atom is -0.478 e. The molecular formula is C11H11N5O3. The zero-order valence-corrected chi connectivity index (χ0v) is 10.1. The van der Waals surface area contributed by atoms with Gasteiger partial charge in [-0.25, -0.2) is 4.79 Å². The van der Waals surface area contributed by atoms with Crippen LogP contribution in [0.2, 0.25) is 0 Å². The summed E-state index contributed by atoms with van der Waals surface area (Å²) in [7, 11) is 1.74. The van der Waals surface area contributed by atoms with Crippen molar-refractivity contribution in [2.75, 3.05) is 0 Å². The van der Waals surface area contributed by atoms with Crippen LogP contribution in [0.5, 0.6) is 0 Å². The van der Waals surface area contributed by atoms with Crippen molar-refractivity contribution in [2.45, 2.75) is 6.54 Å². The van der Waals surface area contributed by atoms with Gasteiger partial charge in [-0.2, -0.15) is 0 Å². The Balaban J connectivity index is 2.13. The highest BCUT2D eigenvalue weighted by molar-refractivity contribution is 6.03. The van der Waals surface area contributed by atoms with Gasteiger partial charge >= 0.3 is 5.97 Å². The first-order valence-corrected chi connectivity index (χ1v) is 5.39. The van der Waals surface area contributed by atoms with Crippen molar-refractivity contribution in [2.24, 2.45) is 7.05 Å². The summed E-state index contributed by atoms with van der Waals surface area (Å²) in [5.74, 6) is -1.21. The number of carboxylic acids is 1. The van der Waals surface area contributed by atoms with Crippen molar-refractivity contribution in [1.29, 1.82) is 0 Å². The normalized spacial score (nSPS) is 10.2. The Labute approximate surface area is 108 Å². The van der Waals surface area contributed by atoms with Crippen LogP contribution >= 0.6 is 0 Å². The highest BCUT2D eigenvalue weighted by Gasteiger charge is 2.17. The van der Waals surface area contributed by atoms with Crippen molar-refractivity contribution in [3.05, 3.63) is 41.7 Å². The van der Waals surface area contributed by atoms with Crippen molar-refractivity contribution in [3.8, 4) is 0 Å². The Bertz CT molecular complexity index is 622. The smallest absolute Gasteiger partial charge is 0.338 e. The third kappa shape index (κ3) is 2.73. The molecule has 0 aliphatic carbocycles. The van der Waals surface area contributed by atoms with Crippen molar-refractivity contribution in [3.63, 3.8) is 0 Å². The number of rotatable bonds is 4. The van der Waals surface area contributed by atoms with Crippen LogP contribution in [0, 0.1) is 0 Å². The number of nitrogens with one attached hydrogen (secondary N) is 1. The van der Waals surface area contributed by atoms with Gasteiger partial charge in [0.2, 0.25) is 0 Å². The van der Waals surface area contributed by atoms with E-state index in [1.54, 1.807) is 11.6 Å². The fraction of sp³-hybridized carbons (Fsp3) is 0.182. The van der Waals surface area contributed by atoms with Crippen LogP contribution in [-0.4, -0.2) is 36.7 Å². The summed E-state index contributed by atoms with van der Waals surface area (Å²) >= 11 is 0. The Morgan fingerprint density at radius 2 is 2.26 bits per heavy atom. The minimum absolute atomic E-state index is 0.128. The summed E-state index contributed by atoms with van der Waals surface area (Å²) in [4.78, 5) is 26.6. The molecule has 0 spiro atoms.